The van der Waals surface area contributed by atoms with E-state index in [9.17, 15) is 9.59 Å². The fraction of sp³-hybridized carbons (Fsp3) is 0.750. The van der Waals surface area contributed by atoms with Crippen molar-refractivity contribution in [1.82, 2.24) is 10.2 Å². The molecule has 1 atom stereocenters. The second-order valence-electron chi connectivity index (χ2n) is 6.97. The van der Waals surface area contributed by atoms with Crippen LogP contribution in [0.4, 0.5) is 4.79 Å². The average Bonchev–Trinajstić information content (AvgIpc) is 3.18. The van der Waals surface area contributed by atoms with Gasteiger partial charge in [-0.15, -0.1) is 0 Å². The number of amides is 2. The van der Waals surface area contributed by atoms with E-state index in [0.717, 1.165) is 12.8 Å². The number of allylic oxidation sites excluding steroid dienone is 1. The lowest BCUT2D eigenvalue weighted by atomic mass is 10.1. The Labute approximate surface area is 126 Å². The highest BCUT2D eigenvalue weighted by molar-refractivity contribution is 5.87. The molecule has 0 spiro atoms. The van der Waals surface area contributed by atoms with Crippen LogP contribution in [0.5, 0.6) is 0 Å². The normalized spacial score (nSPS) is 23.2. The Hall–Kier alpha value is -1.52. The Morgan fingerprint density at radius 3 is 2.57 bits per heavy atom. The van der Waals surface area contributed by atoms with Crippen molar-refractivity contribution in [3.05, 3.63) is 12.2 Å². The van der Waals surface area contributed by atoms with Gasteiger partial charge in [0.2, 0.25) is 5.91 Å². The van der Waals surface area contributed by atoms with Crippen molar-refractivity contribution in [2.75, 3.05) is 13.1 Å². The number of hydrogen-bond donors (Lipinski definition) is 1. The molecule has 1 saturated carbocycles. The highest BCUT2D eigenvalue weighted by Gasteiger charge is 2.28. The van der Waals surface area contributed by atoms with Crippen molar-refractivity contribution >= 4 is 12.0 Å². The second kappa shape index (κ2) is 6.50. The topological polar surface area (TPSA) is 58.6 Å². The Balaban J connectivity index is 1.79. The first-order chi connectivity index (χ1) is 9.83. The van der Waals surface area contributed by atoms with Crippen LogP contribution in [0.3, 0.4) is 0 Å². The standard InChI is InChI=1S/C16H26N2O3/c1-16(2,3)21-15(20)18-10-4-5-13(11-18)17-14(19)9-8-12-6-7-12/h8-9,12-13H,4-7,10-11H2,1-3H3,(H,17,19)/b9-8+/t13-/m0/s1. The molecule has 0 aromatic heterocycles. The molecule has 0 aromatic rings. The highest BCUT2D eigenvalue weighted by atomic mass is 16.6. The minimum absolute atomic E-state index is 0.0163. The lowest BCUT2D eigenvalue weighted by Crippen LogP contribution is -2.50. The maximum Gasteiger partial charge on any atom is 0.410 e. The van der Waals surface area contributed by atoms with Crippen molar-refractivity contribution in [3.63, 3.8) is 0 Å². The van der Waals surface area contributed by atoms with Crippen molar-refractivity contribution in [1.29, 1.82) is 0 Å². The van der Waals surface area contributed by atoms with E-state index in [-0.39, 0.29) is 18.0 Å². The van der Waals surface area contributed by atoms with Gasteiger partial charge in [-0.25, -0.2) is 4.79 Å². The fourth-order valence-electron chi connectivity index (χ4n) is 2.35. The van der Waals surface area contributed by atoms with Crippen LogP contribution in [-0.2, 0) is 9.53 Å². The molecule has 2 rings (SSSR count). The lowest BCUT2D eigenvalue weighted by Gasteiger charge is -2.34. The Bertz CT molecular complexity index is 422. The first kappa shape index (κ1) is 15.9. The van der Waals surface area contributed by atoms with Gasteiger partial charge >= 0.3 is 6.09 Å². The molecule has 1 heterocycles. The number of ether oxygens (including phenoxy) is 1. The van der Waals surface area contributed by atoms with Crippen LogP contribution in [0.1, 0.15) is 46.5 Å². The quantitative estimate of drug-likeness (QED) is 0.813. The van der Waals surface area contributed by atoms with E-state index in [0.29, 0.717) is 19.0 Å². The number of nitrogens with one attached hydrogen (secondary N) is 1. The number of hydrogen-bond acceptors (Lipinski definition) is 3. The molecule has 2 aliphatic rings. The van der Waals surface area contributed by atoms with Gasteiger partial charge in [0.15, 0.2) is 0 Å². The van der Waals surface area contributed by atoms with Gasteiger partial charge < -0.3 is 15.0 Å². The molecule has 1 aliphatic heterocycles. The maximum absolute atomic E-state index is 12.0. The van der Waals surface area contributed by atoms with E-state index < -0.39 is 5.60 Å². The number of likely N-dealkylation sites (tertiary alicyclic amines) is 1. The third-order valence-electron chi connectivity index (χ3n) is 3.56. The third-order valence-corrected chi connectivity index (χ3v) is 3.56. The molecule has 1 saturated heterocycles. The van der Waals surface area contributed by atoms with Crippen LogP contribution in [-0.4, -0.2) is 41.6 Å². The van der Waals surface area contributed by atoms with E-state index in [1.807, 2.05) is 26.8 Å². The smallest absolute Gasteiger partial charge is 0.410 e. The second-order valence-corrected chi connectivity index (χ2v) is 6.97. The number of rotatable bonds is 3. The van der Waals surface area contributed by atoms with Crippen molar-refractivity contribution in [2.24, 2.45) is 5.92 Å². The molecular formula is C16H26N2O3. The lowest BCUT2D eigenvalue weighted by molar-refractivity contribution is -0.117. The van der Waals surface area contributed by atoms with Crippen LogP contribution in [0.25, 0.3) is 0 Å². The molecule has 2 fully saturated rings. The summed E-state index contributed by atoms with van der Waals surface area (Å²) in [5.41, 5.74) is -0.486. The third kappa shape index (κ3) is 5.78. The van der Waals surface area contributed by atoms with Crippen molar-refractivity contribution in [3.8, 4) is 0 Å². The molecule has 1 N–H and O–H groups in total. The molecule has 0 unspecified atom stereocenters. The number of nitrogens with zero attached hydrogens (tertiary/aromatic N) is 1. The van der Waals surface area contributed by atoms with Gasteiger partial charge in [-0.2, -0.15) is 0 Å². The molecule has 5 heteroatoms. The molecule has 1 aliphatic carbocycles. The van der Waals surface area contributed by atoms with Gasteiger partial charge in [0.1, 0.15) is 5.60 Å². The predicted octanol–water partition coefficient (Wildman–Crippen LogP) is 2.47. The molecule has 118 valence electrons. The maximum atomic E-state index is 12.0. The monoisotopic (exact) mass is 294 g/mol. The van der Waals surface area contributed by atoms with Gasteiger partial charge in [-0.3, -0.25) is 4.79 Å². The predicted molar refractivity (Wildman–Crippen MR) is 80.8 cm³/mol. The minimum atomic E-state index is -0.486. The zero-order valence-corrected chi connectivity index (χ0v) is 13.2. The molecule has 0 bridgehead atoms. The van der Waals surface area contributed by atoms with Crippen LogP contribution in [0.2, 0.25) is 0 Å². The minimum Gasteiger partial charge on any atom is -0.444 e. The van der Waals surface area contributed by atoms with E-state index in [4.69, 9.17) is 4.74 Å². The van der Waals surface area contributed by atoms with Gasteiger partial charge in [0.05, 0.1) is 0 Å². The van der Waals surface area contributed by atoms with E-state index in [1.54, 1.807) is 11.0 Å². The van der Waals surface area contributed by atoms with Crippen LogP contribution in [0, 0.1) is 5.92 Å². The summed E-state index contributed by atoms with van der Waals surface area (Å²) in [5.74, 6) is 0.540. The summed E-state index contributed by atoms with van der Waals surface area (Å²) in [4.78, 5) is 25.5. The first-order valence-electron chi connectivity index (χ1n) is 7.80. The Morgan fingerprint density at radius 2 is 1.95 bits per heavy atom. The van der Waals surface area contributed by atoms with Gasteiger partial charge in [0.25, 0.3) is 0 Å². The Morgan fingerprint density at radius 1 is 1.24 bits per heavy atom. The largest absolute Gasteiger partial charge is 0.444 e. The van der Waals surface area contributed by atoms with E-state index in [2.05, 4.69) is 5.32 Å². The van der Waals surface area contributed by atoms with Crippen LogP contribution < -0.4 is 5.32 Å². The first-order valence-corrected chi connectivity index (χ1v) is 7.80. The summed E-state index contributed by atoms with van der Waals surface area (Å²) in [7, 11) is 0. The molecule has 0 aromatic carbocycles. The summed E-state index contributed by atoms with van der Waals surface area (Å²) in [6, 6.07) is 0.0163. The SMILES string of the molecule is CC(C)(C)OC(=O)N1CCC[C@H](NC(=O)/C=C/C2CC2)C1. The molecular weight excluding hydrogens is 268 g/mol. The molecule has 2 amide bonds. The summed E-state index contributed by atoms with van der Waals surface area (Å²) < 4.78 is 5.38. The summed E-state index contributed by atoms with van der Waals surface area (Å²) in [6.45, 7) is 6.79. The number of carbonyl (C=O) groups is 2. The molecule has 21 heavy (non-hydrogen) atoms. The highest BCUT2D eigenvalue weighted by Crippen LogP contribution is 2.29. The van der Waals surface area contributed by atoms with Crippen LogP contribution >= 0.6 is 0 Å². The zero-order valence-electron chi connectivity index (χ0n) is 13.2. The van der Waals surface area contributed by atoms with Crippen molar-refractivity contribution in [2.45, 2.75) is 58.1 Å². The number of piperidine rings is 1. The molecule has 5 nitrogen and oxygen atoms in total. The van der Waals surface area contributed by atoms with E-state index in [1.165, 1.54) is 12.8 Å². The van der Waals surface area contributed by atoms with Crippen molar-refractivity contribution < 1.29 is 14.3 Å². The summed E-state index contributed by atoms with van der Waals surface area (Å²) in [6.07, 6.45) is 7.49. The van der Waals surface area contributed by atoms with Gasteiger partial charge in [-0.05, 0) is 58.4 Å². The van der Waals surface area contributed by atoms with Gasteiger partial charge in [-0.1, -0.05) is 6.08 Å². The Kier molecular flexibility index (Phi) is 4.91. The molecule has 0 radical (unpaired) electrons. The average molecular weight is 294 g/mol. The fourth-order valence-corrected chi connectivity index (χ4v) is 2.35. The summed E-state index contributed by atoms with van der Waals surface area (Å²) >= 11 is 0. The van der Waals surface area contributed by atoms with E-state index >= 15 is 0 Å². The van der Waals surface area contributed by atoms with Gasteiger partial charge in [0, 0.05) is 19.1 Å². The summed E-state index contributed by atoms with van der Waals surface area (Å²) in [5, 5.41) is 2.97. The van der Waals surface area contributed by atoms with Crippen LogP contribution in [0.15, 0.2) is 12.2 Å². The zero-order chi connectivity index (χ0) is 15.5. The number of carbonyl (C=O) groups excluding carboxylic acids is 2.